The first-order valence-corrected chi connectivity index (χ1v) is 13.0. The molecule has 0 saturated carbocycles. The van der Waals surface area contributed by atoms with Crippen molar-refractivity contribution >= 4 is 45.4 Å². The molecule has 1 aliphatic rings. The van der Waals surface area contributed by atoms with Crippen LogP contribution in [-0.2, 0) is 17.6 Å². The fourth-order valence-electron chi connectivity index (χ4n) is 4.41. The fraction of sp³-hybridized carbons (Fsp3) is 0.357. The van der Waals surface area contributed by atoms with E-state index in [-0.39, 0.29) is 23.8 Å². The summed E-state index contributed by atoms with van der Waals surface area (Å²) in [6.07, 6.45) is 2.75. The van der Waals surface area contributed by atoms with E-state index in [1.165, 1.54) is 16.2 Å². The van der Waals surface area contributed by atoms with Gasteiger partial charge in [-0.15, -0.1) is 11.3 Å². The van der Waals surface area contributed by atoms with Crippen LogP contribution in [0.4, 0.5) is 10.7 Å². The number of benzene rings is 2. The van der Waals surface area contributed by atoms with Crippen molar-refractivity contribution in [1.82, 2.24) is 0 Å². The van der Waals surface area contributed by atoms with Crippen LogP contribution in [0.15, 0.2) is 48.5 Å². The molecule has 35 heavy (non-hydrogen) atoms. The Morgan fingerprint density at radius 1 is 1.11 bits per heavy atom. The zero-order chi connectivity index (χ0) is 25.2. The van der Waals surface area contributed by atoms with Crippen LogP contribution in [0, 0.1) is 18.3 Å². The molecule has 1 aromatic heterocycles. The molecule has 4 rings (SSSR count). The average Bonchev–Trinajstić information content (AvgIpc) is 3.15. The second-order valence-electron chi connectivity index (χ2n) is 10.1. The predicted octanol–water partition coefficient (Wildman–Crippen LogP) is 7.13. The molecule has 0 bridgehead atoms. The summed E-state index contributed by atoms with van der Waals surface area (Å²) < 4.78 is 5.60. The highest BCUT2D eigenvalue weighted by molar-refractivity contribution is 7.17. The van der Waals surface area contributed by atoms with Gasteiger partial charge in [-0.25, -0.2) is 0 Å². The second kappa shape index (κ2) is 10.4. The quantitative estimate of drug-likeness (QED) is 0.370. The van der Waals surface area contributed by atoms with E-state index in [1.807, 2.05) is 31.2 Å². The summed E-state index contributed by atoms with van der Waals surface area (Å²) in [5.41, 5.74) is 3.60. The second-order valence-corrected chi connectivity index (χ2v) is 11.7. The molecule has 2 amide bonds. The van der Waals surface area contributed by atoms with Crippen LogP contribution in [0.5, 0.6) is 5.75 Å². The number of carbonyl (C=O) groups is 2. The minimum Gasteiger partial charge on any atom is -0.484 e. The Balaban J connectivity index is 1.57. The van der Waals surface area contributed by atoms with Gasteiger partial charge in [0.05, 0.1) is 5.56 Å². The van der Waals surface area contributed by atoms with E-state index in [1.54, 1.807) is 24.3 Å². The number of nitrogens with one attached hydrogen (secondary N) is 2. The molecule has 2 N–H and O–H groups in total. The lowest BCUT2D eigenvalue weighted by molar-refractivity contribution is -0.118. The first-order chi connectivity index (χ1) is 16.6. The average molecular weight is 511 g/mol. The van der Waals surface area contributed by atoms with Gasteiger partial charge in [0.1, 0.15) is 10.8 Å². The maximum Gasteiger partial charge on any atom is 0.262 e. The highest BCUT2D eigenvalue weighted by atomic mass is 35.5. The number of halogens is 1. The third-order valence-corrected chi connectivity index (χ3v) is 7.85. The molecule has 0 radical (unpaired) electrons. The van der Waals surface area contributed by atoms with Crippen molar-refractivity contribution in [2.75, 3.05) is 17.2 Å². The van der Waals surface area contributed by atoms with Crippen molar-refractivity contribution < 1.29 is 14.3 Å². The summed E-state index contributed by atoms with van der Waals surface area (Å²) in [7, 11) is 0. The molecule has 1 aliphatic carbocycles. The number of amides is 2. The number of thiophene rings is 1. The first kappa shape index (κ1) is 25.3. The summed E-state index contributed by atoms with van der Waals surface area (Å²) in [5, 5.41) is 7.16. The lowest BCUT2D eigenvalue weighted by Crippen LogP contribution is -2.27. The van der Waals surface area contributed by atoms with Crippen molar-refractivity contribution in [2.45, 2.75) is 47.0 Å². The number of rotatable bonds is 6. The van der Waals surface area contributed by atoms with Crippen LogP contribution < -0.4 is 15.4 Å². The van der Waals surface area contributed by atoms with Crippen molar-refractivity contribution in [3.8, 4) is 5.75 Å². The molecule has 184 valence electrons. The van der Waals surface area contributed by atoms with Gasteiger partial charge in [0, 0.05) is 15.6 Å². The van der Waals surface area contributed by atoms with Gasteiger partial charge in [-0.1, -0.05) is 44.5 Å². The summed E-state index contributed by atoms with van der Waals surface area (Å²) in [6, 6.07) is 14.6. The van der Waals surface area contributed by atoms with E-state index in [9.17, 15) is 9.59 Å². The maximum atomic E-state index is 13.5. The Bertz CT molecular complexity index is 1230. The predicted molar refractivity (Wildman–Crippen MR) is 144 cm³/mol. The van der Waals surface area contributed by atoms with Crippen LogP contribution in [-0.4, -0.2) is 18.4 Å². The van der Waals surface area contributed by atoms with E-state index < -0.39 is 0 Å². The molecular formula is C28H31ClN2O3S. The summed E-state index contributed by atoms with van der Waals surface area (Å²) >= 11 is 7.42. The highest BCUT2D eigenvalue weighted by Gasteiger charge is 2.34. The number of aryl methyl sites for hydroxylation is 1. The Morgan fingerprint density at radius 2 is 1.86 bits per heavy atom. The van der Waals surface area contributed by atoms with Gasteiger partial charge in [0.25, 0.3) is 11.8 Å². The molecule has 0 fully saturated rings. The third kappa shape index (κ3) is 6.24. The third-order valence-electron chi connectivity index (χ3n) is 6.43. The molecule has 0 spiro atoms. The van der Waals surface area contributed by atoms with E-state index in [0.717, 1.165) is 36.1 Å². The van der Waals surface area contributed by atoms with Gasteiger partial charge in [-0.3, -0.25) is 9.59 Å². The van der Waals surface area contributed by atoms with Crippen molar-refractivity contribution in [1.29, 1.82) is 0 Å². The molecule has 0 saturated heterocycles. The van der Waals surface area contributed by atoms with Crippen molar-refractivity contribution in [2.24, 2.45) is 11.3 Å². The van der Waals surface area contributed by atoms with Gasteiger partial charge in [0.2, 0.25) is 0 Å². The van der Waals surface area contributed by atoms with Gasteiger partial charge in [-0.2, -0.15) is 0 Å². The normalized spacial score (nSPS) is 15.3. The Hall–Kier alpha value is -2.83. The zero-order valence-electron chi connectivity index (χ0n) is 20.5. The molecule has 7 heteroatoms. The van der Waals surface area contributed by atoms with E-state index >= 15 is 0 Å². The minimum atomic E-state index is -0.310. The molecule has 1 heterocycles. The highest BCUT2D eigenvalue weighted by Crippen LogP contribution is 2.44. The molecular weight excluding hydrogens is 480 g/mol. The van der Waals surface area contributed by atoms with Crippen LogP contribution in [0.2, 0.25) is 5.02 Å². The van der Waals surface area contributed by atoms with Gasteiger partial charge in [0.15, 0.2) is 6.61 Å². The molecule has 2 aromatic carbocycles. The van der Waals surface area contributed by atoms with E-state index in [4.69, 9.17) is 16.3 Å². The van der Waals surface area contributed by atoms with Gasteiger partial charge >= 0.3 is 0 Å². The molecule has 1 atom stereocenters. The summed E-state index contributed by atoms with van der Waals surface area (Å²) in [5.74, 6) is 0.574. The van der Waals surface area contributed by atoms with Crippen molar-refractivity contribution in [3.05, 3.63) is 75.1 Å². The smallest absolute Gasteiger partial charge is 0.262 e. The van der Waals surface area contributed by atoms with Gasteiger partial charge < -0.3 is 15.4 Å². The number of anilines is 2. The molecule has 5 nitrogen and oxygen atoms in total. The van der Waals surface area contributed by atoms with E-state index in [2.05, 4.69) is 31.4 Å². The molecule has 0 aliphatic heterocycles. The monoisotopic (exact) mass is 510 g/mol. The number of fused-ring (bicyclic) bond motifs is 1. The zero-order valence-corrected chi connectivity index (χ0v) is 22.1. The van der Waals surface area contributed by atoms with E-state index in [0.29, 0.717) is 27.3 Å². The van der Waals surface area contributed by atoms with Crippen molar-refractivity contribution in [3.63, 3.8) is 0 Å². The Labute approximate surface area is 215 Å². The van der Waals surface area contributed by atoms with Crippen LogP contribution in [0.1, 0.15) is 53.6 Å². The minimum absolute atomic E-state index is 0.159. The molecule has 3 aromatic rings. The molecule has 1 unspecified atom stereocenters. The lowest BCUT2D eigenvalue weighted by atomic mass is 9.72. The largest absolute Gasteiger partial charge is 0.484 e. The number of hydrogen-bond donors (Lipinski definition) is 2. The maximum absolute atomic E-state index is 13.5. The summed E-state index contributed by atoms with van der Waals surface area (Å²) in [4.78, 5) is 27.4. The fourth-order valence-corrected chi connectivity index (χ4v) is 5.88. The van der Waals surface area contributed by atoms with Gasteiger partial charge in [-0.05, 0) is 85.0 Å². The summed E-state index contributed by atoms with van der Waals surface area (Å²) in [6.45, 7) is 8.62. The lowest BCUT2D eigenvalue weighted by Gasteiger charge is -2.33. The first-order valence-electron chi connectivity index (χ1n) is 11.8. The van der Waals surface area contributed by atoms with Crippen LogP contribution in [0.3, 0.4) is 0 Å². The van der Waals surface area contributed by atoms with Crippen LogP contribution in [0.25, 0.3) is 0 Å². The number of carbonyl (C=O) groups excluding carboxylic acids is 2. The Morgan fingerprint density at radius 3 is 2.54 bits per heavy atom. The topological polar surface area (TPSA) is 67.4 Å². The SMILES string of the molecule is Cc1cccc(NC(=O)c2c(NC(=O)COc3ccc(Cl)cc3)sc3c2CCC(C(C)(C)C)C3)c1. The Kier molecular flexibility index (Phi) is 7.53. The van der Waals surface area contributed by atoms with Crippen LogP contribution >= 0.6 is 22.9 Å². The number of hydrogen-bond acceptors (Lipinski definition) is 4. The number of ether oxygens (including phenoxy) is 1. The standard InChI is InChI=1S/C28H31ClN2O3S/c1-17-6-5-7-20(14-17)30-26(33)25-22-13-8-18(28(2,3)4)15-23(22)35-27(25)31-24(32)16-34-21-11-9-19(29)10-12-21/h5-7,9-12,14,18H,8,13,15-16H2,1-4H3,(H,30,33)(H,31,32).